The van der Waals surface area contributed by atoms with E-state index in [1.807, 2.05) is 72.8 Å². The van der Waals surface area contributed by atoms with E-state index in [0.29, 0.717) is 18.7 Å². The van der Waals surface area contributed by atoms with Gasteiger partial charge in [-0.15, -0.1) is 0 Å². The molecule has 0 aliphatic carbocycles. The highest BCUT2D eigenvalue weighted by Gasteiger charge is 2.34. The van der Waals surface area contributed by atoms with E-state index in [2.05, 4.69) is 10.6 Å². The number of amides is 3. The third-order valence-electron chi connectivity index (χ3n) is 6.14. The minimum absolute atomic E-state index is 0.0185. The Balaban J connectivity index is 1.85. The Morgan fingerprint density at radius 3 is 1.85 bits per heavy atom. The lowest BCUT2D eigenvalue weighted by Crippen LogP contribution is -2.53. The van der Waals surface area contributed by atoms with Gasteiger partial charge in [0.15, 0.2) is 5.96 Å². The van der Waals surface area contributed by atoms with Crippen molar-refractivity contribution in [2.45, 2.75) is 38.3 Å². The number of carbonyl (C=O) groups excluding carboxylic acids is 3. The molecule has 0 fully saturated rings. The van der Waals surface area contributed by atoms with Gasteiger partial charge in [-0.25, -0.2) is 0 Å². The van der Waals surface area contributed by atoms with Crippen molar-refractivity contribution in [2.24, 2.45) is 5.73 Å². The number of nitrogens with zero attached hydrogens (tertiary/aromatic N) is 1. The van der Waals surface area contributed by atoms with E-state index in [0.717, 1.165) is 21.6 Å². The Hall–Kier alpha value is -4.66. The summed E-state index contributed by atoms with van der Waals surface area (Å²) in [6.45, 7) is 0.545. The molecule has 1 unspecified atom stereocenters. The van der Waals surface area contributed by atoms with Crippen LogP contribution in [0.5, 0.6) is 5.75 Å². The summed E-state index contributed by atoms with van der Waals surface area (Å²) in [4.78, 5) is 41.9. The monoisotopic (exact) mass is 529 g/mol. The van der Waals surface area contributed by atoms with E-state index in [9.17, 15) is 14.4 Å². The van der Waals surface area contributed by atoms with Crippen LogP contribution in [-0.2, 0) is 33.8 Å². The molecular weight excluding hydrogens is 494 g/mol. The van der Waals surface area contributed by atoms with Crippen LogP contribution in [0, 0.1) is 5.41 Å². The van der Waals surface area contributed by atoms with Gasteiger partial charge in [-0.2, -0.15) is 0 Å². The number of hydrogen-bond acceptors (Lipinski definition) is 5. The SMILES string of the molecule is COc1ccc(CNC(=O)C(CCCNC(=N)N)N(C(=O)Cc2ccccc2)C(=O)Cc2ccccc2)cc1. The van der Waals surface area contributed by atoms with Gasteiger partial charge in [0.1, 0.15) is 11.8 Å². The zero-order valence-electron chi connectivity index (χ0n) is 22.1. The number of nitrogens with one attached hydrogen (secondary N) is 3. The minimum Gasteiger partial charge on any atom is -0.497 e. The third-order valence-corrected chi connectivity index (χ3v) is 6.14. The summed E-state index contributed by atoms with van der Waals surface area (Å²) in [7, 11) is 1.58. The molecule has 0 spiro atoms. The van der Waals surface area contributed by atoms with Crippen molar-refractivity contribution in [2.75, 3.05) is 13.7 Å². The Bertz CT molecular complexity index is 1180. The first-order chi connectivity index (χ1) is 18.9. The molecule has 1 atom stereocenters. The highest BCUT2D eigenvalue weighted by molar-refractivity contribution is 6.01. The van der Waals surface area contributed by atoms with Crippen LogP contribution in [0.15, 0.2) is 84.9 Å². The van der Waals surface area contributed by atoms with Crippen molar-refractivity contribution in [3.05, 3.63) is 102 Å². The molecule has 0 aromatic heterocycles. The van der Waals surface area contributed by atoms with Gasteiger partial charge in [0.05, 0.1) is 20.0 Å². The smallest absolute Gasteiger partial charge is 0.243 e. The first-order valence-electron chi connectivity index (χ1n) is 12.8. The first-order valence-corrected chi connectivity index (χ1v) is 12.8. The van der Waals surface area contributed by atoms with Crippen LogP contribution < -0.4 is 21.1 Å². The molecule has 0 aliphatic heterocycles. The molecule has 204 valence electrons. The lowest BCUT2D eigenvalue weighted by Gasteiger charge is -2.30. The topological polar surface area (TPSA) is 138 Å². The number of guanidine groups is 1. The van der Waals surface area contributed by atoms with E-state index >= 15 is 0 Å². The zero-order valence-corrected chi connectivity index (χ0v) is 22.1. The van der Waals surface area contributed by atoms with Gasteiger partial charge in [-0.1, -0.05) is 72.8 Å². The number of rotatable bonds is 13. The summed E-state index contributed by atoms with van der Waals surface area (Å²) >= 11 is 0. The summed E-state index contributed by atoms with van der Waals surface area (Å²) in [5.41, 5.74) is 7.73. The highest BCUT2D eigenvalue weighted by Crippen LogP contribution is 2.16. The number of imide groups is 1. The fraction of sp³-hybridized carbons (Fsp3) is 0.267. The third kappa shape index (κ3) is 9.30. The second kappa shape index (κ2) is 14.9. The van der Waals surface area contributed by atoms with Gasteiger partial charge in [-0.05, 0) is 41.7 Å². The van der Waals surface area contributed by atoms with E-state index in [-0.39, 0.29) is 31.8 Å². The normalized spacial score (nSPS) is 11.2. The van der Waals surface area contributed by atoms with Crippen molar-refractivity contribution in [1.82, 2.24) is 15.5 Å². The van der Waals surface area contributed by atoms with Crippen LogP contribution in [0.4, 0.5) is 0 Å². The predicted molar refractivity (Wildman–Crippen MR) is 150 cm³/mol. The lowest BCUT2D eigenvalue weighted by molar-refractivity contribution is -0.151. The molecule has 3 amide bonds. The number of nitrogens with two attached hydrogens (primary N) is 1. The van der Waals surface area contributed by atoms with Crippen molar-refractivity contribution in [3.63, 3.8) is 0 Å². The molecule has 39 heavy (non-hydrogen) atoms. The summed E-state index contributed by atoms with van der Waals surface area (Å²) in [5.74, 6) is -0.827. The second-order valence-corrected chi connectivity index (χ2v) is 9.05. The quantitative estimate of drug-likeness (QED) is 0.153. The zero-order chi connectivity index (χ0) is 28.0. The number of benzene rings is 3. The molecule has 0 radical (unpaired) electrons. The molecular formula is C30H35N5O4. The average Bonchev–Trinajstić information content (AvgIpc) is 2.94. The molecule has 5 N–H and O–H groups in total. The van der Waals surface area contributed by atoms with Crippen molar-refractivity contribution in [3.8, 4) is 5.75 Å². The Labute approximate surface area is 228 Å². The van der Waals surface area contributed by atoms with Crippen LogP contribution in [0.1, 0.15) is 29.5 Å². The standard InChI is InChI=1S/C30H35N5O4/c1-39-25-16-14-24(15-17-25)21-34-29(38)26(13-8-18-33-30(31)32)35(27(36)19-22-9-4-2-5-10-22)28(37)20-23-11-6-3-7-12-23/h2-7,9-12,14-17,26H,8,13,18-21H2,1H3,(H,34,38)(H4,31,32,33). The maximum absolute atomic E-state index is 13.6. The lowest BCUT2D eigenvalue weighted by atomic mass is 10.0. The van der Waals surface area contributed by atoms with E-state index < -0.39 is 23.8 Å². The summed E-state index contributed by atoms with van der Waals surface area (Å²) in [6, 6.07) is 24.5. The van der Waals surface area contributed by atoms with Crippen LogP contribution in [-0.4, -0.2) is 48.3 Å². The van der Waals surface area contributed by atoms with Crippen LogP contribution >= 0.6 is 0 Å². The maximum atomic E-state index is 13.6. The van der Waals surface area contributed by atoms with Gasteiger partial charge in [0.2, 0.25) is 17.7 Å². The Kier molecular flexibility index (Phi) is 11.1. The average molecular weight is 530 g/mol. The Morgan fingerprint density at radius 1 is 0.821 bits per heavy atom. The summed E-state index contributed by atoms with van der Waals surface area (Å²) in [6.07, 6.45) is 0.578. The molecule has 0 aliphatic rings. The maximum Gasteiger partial charge on any atom is 0.243 e. The second-order valence-electron chi connectivity index (χ2n) is 9.05. The molecule has 0 bridgehead atoms. The predicted octanol–water partition coefficient (Wildman–Crippen LogP) is 2.78. The minimum atomic E-state index is -1.04. The van der Waals surface area contributed by atoms with Crippen molar-refractivity contribution in [1.29, 1.82) is 5.41 Å². The van der Waals surface area contributed by atoms with Crippen LogP contribution in [0.2, 0.25) is 0 Å². The number of carbonyl (C=O) groups is 3. The molecule has 0 heterocycles. The first kappa shape index (κ1) is 28.9. The van der Waals surface area contributed by atoms with Crippen LogP contribution in [0.3, 0.4) is 0 Å². The van der Waals surface area contributed by atoms with Crippen molar-refractivity contribution < 1.29 is 19.1 Å². The summed E-state index contributed by atoms with van der Waals surface area (Å²) in [5, 5.41) is 13.0. The molecule has 0 saturated heterocycles. The number of hydrogen-bond donors (Lipinski definition) is 4. The summed E-state index contributed by atoms with van der Waals surface area (Å²) < 4.78 is 5.19. The number of methoxy groups -OCH3 is 1. The fourth-order valence-corrected chi connectivity index (χ4v) is 4.14. The molecule has 0 saturated carbocycles. The van der Waals surface area contributed by atoms with Crippen molar-refractivity contribution >= 4 is 23.7 Å². The fourth-order valence-electron chi connectivity index (χ4n) is 4.14. The van der Waals surface area contributed by atoms with E-state index in [1.54, 1.807) is 19.2 Å². The number of ether oxygens (including phenoxy) is 1. The van der Waals surface area contributed by atoms with E-state index in [1.165, 1.54) is 0 Å². The largest absolute Gasteiger partial charge is 0.497 e. The van der Waals surface area contributed by atoms with E-state index in [4.69, 9.17) is 15.9 Å². The molecule has 9 heteroatoms. The van der Waals surface area contributed by atoms with Gasteiger partial charge in [0.25, 0.3) is 0 Å². The van der Waals surface area contributed by atoms with Gasteiger partial charge in [-0.3, -0.25) is 24.7 Å². The molecule has 9 nitrogen and oxygen atoms in total. The van der Waals surface area contributed by atoms with Crippen LogP contribution in [0.25, 0.3) is 0 Å². The highest BCUT2D eigenvalue weighted by atomic mass is 16.5. The van der Waals surface area contributed by atoms with Gasteiger partial charge < -0.3 is 21.1 Å². The van der Waals surface area contributed by atoms with Gasteiger partial charge in [0, 0.05) is 13.1 Å². The molecule has 3 aromatic rings. The molecule has 3 aromatic carbocycles. The molecule has 3 rings (SSSR count). The van der Waals surface area contributed by atoms with Gasteiger partial charge >= 0.3 is 0 Å². The Morgan fingerprint density at radius 2 is 1.36 bits per heavy atom.